The average molecular weight is 166 g/mol. The van der Waals surface area contributed by atoms with Crippen LogP contribution < -0.4 is 11.3 Å². The van der Waals surface area contributed by atoms with Gasteiger partial charge in [-0.05, 0) is 12.1 Å². The molecule has 12 heavy (non-hydrogen) atoms. The Morgan fingerprint density at radius 3 is 2.92 bits per heavy atom. The molecular weight excluding hydrogens is 156 g/mol. The van der Waals surface area contributed by atoms with Crippen LogP contribution in [0.5, 0.6) is 0 Å². The number of hydrazine groups is 2. The molecule has 1 rings (SSSR count). The highest BCUT2D eigenvalue weighted by molar-refractivity contribution is 5.91. The van der Waals surface area contributed by atoms with E-state index in [-0.39, 0.29) is 5.91 Å². The molecule has 0 saturated carbocycles. The molecule has 5 nitrogen and oxygen atoms in total. The molecule has 0 atom stereocenters. The van der Waals surface area contributed by atoms with Gasteiger partial charge in [-0.3, -0.25) is 9.78 Å². The summed E-state index contributed by atoms with van der Waals surface area (Å²) in [6.45, 7) is 0. The minimum absolute atomic E-state index is 0.314. The molecule has 0 aliphatic carbocycles. The normalized spacial score (nSPS) is 9.50. The lowest BCUT2D eigenvalue weighted by atomic mass is 10.3. The van der Waals surface area contributed by atoms with Crippen LogP contribution in [0, 0.1) is 0 Å². The van der Waals surface area contributed by atoms with Crippen molar-refractivity contribution in [2.75, 3.05) is 7.05 Å². The molecule has 1 amide bonds. The van der Waals surface area contributed by atoms with Crippen LogP contribution in [0.4, 0.5) is 0 Å². The van der Waals surface area contributed by atoms with Gasteiger partial charge in [-0.1, -0.05) is 6.07 Å². The number of nitrogens with two attached hydrogens (primary N) is 1. The summed E-state index contributed by atoms with van der Waals surface area (Å²) in [5, 5.41) is 0.877. The van der Waals surface area contributed by atoms with Gasteiger partial charge in [0.2, 0.25) is 0 Å². The Morgan fingerprint density at radius 2 is 2.42 bits per heavy atom. The molecule has 1 heterocycles. The van der Waals surface area contributed by atoms with E-state index in [0.29, 0.717) is 5.69 Å². The zero-order chi connectivity index (χ0) is 8.97. The fourth-order valence-electron chi connectivity index (χ4n) is 0.714. The maximum atomic E-state index is 11.3. The Balaban J connectivity index is 2.79. The van der Waals surface area contributed by atoms with Crippen molar-refractivity contribution < 1.29 is 4.79 Å². The van der Waals surface area contributed by atoms with E-state index in [1.807, 2.05) is 0 Å². The van der Waals surface area contributed by atoms with Gasteiger partial charge in [-0.2, -0.15) is 0 Å². The molecule has 0 bridgehead atoms. The SMILES string of the molecule is CNN(N)C(=O)c1ccccn1. The minimum Gasteiger partial charge on any atom is -0.264 e. The summed E-state index contributed by atoms with van der Waals surface area (Å²) < 4.78 is 0. The van der Waals surface area contributed by atoms with Crippen LogP contribution in [-0.4, -0.2) is 23.1 Å². The summed E-state index contributed by atoms with van der Waals surface area (Å²) in [5.41, 5.74) is 2.80. The number of pyridine rings is 1. The van der Waals surface area contributed by atoms with Crippen molar-refractivity contribution in [1.29, 1.82) is 0 Å². The number of hydrogen-bond donors (Lipinski definition) is 2. The van der Waals surface area contributed by atoms with Crippen LogP contribution in [0.25, 0.3) is 0 Å². The van der Waals surface area contributed by atoms with Crippen molar-refractivity contribution >= 4 is 5.91 Å². The highest BCUT2D eigenvalue weighted by Gasteiger charge is 2.10. The van der Waals surface area contributed by atoms with E-state index in [1.165, 1.54) is 6.20 Å². The Bertz CT molecular complexity index is 261. The molecule has 0 aliphatic heterocycles. The molecule has 5 heteroatoms. The fraction of sp³-hybridized carbons (Fsp3) is 0.143. The van der Waals surface area contributed by atoms with E-state index in [2.05, 4.69) is 10.4 Å². The number of hydrogen-bond acceptors (Lipinski definition) is 4. The van der Waals surface area contributed by atoms with Crippen LogP contribution in [0.2, 0.25) is 0 Å². The number of rotatable bonds is 2. The van der Waals surface area contributed by atoms with Crippen molar-refractivity contribution in [1.82, 2.24) is 15.5 Å². The van der Waals surface area contributed by atoms with Crippen molar-refractivity contribution in [3.8, 4) is 0 Å². The molecule has 1 aromatic heterocycles. The summed E-state index contributed by atoms with van der Waals surface area (Å²) in [6, 6.07) is 5.06. The van der Waals surface area contributed by atoms with Crippen LogP contribution in [-0.2, 0) is 0 Å². The van der Waals surface area contributed by atoms with Gasteiger partial charge in [0.25, 0.3) is 0 Å². The van der Waals surface area contributed by atoms with E-state index < -0.39 is 0 Å². The smallest absolute Gasteiger partial charge is 0.264 e. The van der Waals surface area contributed by atoms with Crippen molar-refractivity contribution in [2.45, 2.75) is 0 Å². The Kier molecular flexibility index (Phi) is 2.73. The number of aromatic nitrogens is 1. The second-order valence-electron chi connectivity index (χ2n) is 2.11. The lowest BCUT2D eigenvalue weighted by molar-refractivity contribution is 0.0675. The lowest BCUT2D eigenvalue weighted by Crippen LogP contribution is -2.46. The molecule has 3 N–H and O–H groups in total. The largest absolute Gasteiger partial charge is 0.301 e. The zero-order valence-electron chi connectivity index (χ0n) is 6.69. The van der Waals surface area contributed by atoms with E-state index in [9.17, 15) is 4.79 Å². The van der Waals surface area contributed by atoms with Crippen molar-refractivity contribution in [3.05, 3.63) is 30.1 Å². The third-order valence-electron chi connectivity index (χ3n) is 1.34. The molecule has 0 aromatic carbocycles. The number of nitrogens with zero attached hydrogens (tertiary/aromatic N) is 2. The third-order valence-corrected chi connectivity index (χ3v) is 1.34. The number of nitrogens with one attached hydrogen (secondary N) is 1. The van der Waals surface area contributed by atoms with Gasteiger partial charge in [0, 0.05) is 13.2 Å². The van der Waals surface area contributed by atoms with Gasteiger partial charge in [-0.15, -0.1) is 0 Å². The first-order valence-corrected chi connectivity index (χ1v) is 3.43. The van der Waals surface area contributed by atoms with Crippen molar-refractivity contribution in [3.63, 3.8) is 0 Å². The second-order valence-corrected chi connectivity index (χ2v) is 2.11. The first-order valence-electron chi connectivity index (χ1n) is 3.43. The molecule has 0 fully saturated rings. The predicted molar refractivity (Wildman–Crippen MR) is 43.7 cm³/mol. The summed E-state index contributed by atoms with van der Waals surface area (Å²) >= 11 is 0. The number of amides is 1. The molecule has 64 valence electrons. The zero-order valence-corrected chi connectivity index (χ0v) is 6.69. The molecule has 0 radical (unpaired) electrons. The quantitative estimate of drug-likeness (QED) is 0.354. The minimum atomic E-state index is -0.363. The molecule has 0 spiro atoms. The monoisotopic (exact) mass is 166 g/mol. The first kappa shape index (κ1) is 8.63. The summed E-state index contributed by atoms with van der Waals surface area (Å²) in [5.74, 6) is 4.92. The van der Waals surface area contributed by atoms with Gasteiger partial charge < -0.3 is 0 Å². The highest BCUT2D eigenvalue weighted by Crippen LogP contribution is 1.94. The van der Waals surface area contributed by atoms with Gasteiger partial charge in [0.05, 0.1) is 0 Å². The molecule has 0 saturated heterocycles. The molecule has 0 aliphatic rings. The number of carbonyl (C=O) groups is 1. The third kappa shape index (κ3) is 1.77. The van der Waals surface area contributed by atoms with Gasteiger partial charge in [0.15, 0.2) is 0 Å². The molecule has 1 aromatic rings. The van der Waals surface area contributed by atoms with E-state index in [1.54, 1.807) is 25.2 Å². The fourth-order valence-corrected chi connectivity index (χ4v) is 0.714. The van der Waals surface area contributed by atoms with Crippen LogP contribution in [0.3, 0.4) is 0 Å². The highest BCUT2D eigenvalue weighted by atomic mass is 16.2. The maximum absolute atomic E-state index is 11.3. The average Bonchev–Trinajstić information content (AvgIpc) is 2.17. The Hall–Kier alpha value is -1.46. The van der Waals surface area contributed by atoms with Crippen molar-refractivity contribution in [2.24, 2.45) is 5.84 Å². The topological polar surface area (TPSA) is 71.2 Å². The van der Waals surface area contributed by atoms with Gasteiger partial charge in [0.1, 0.15) is 5.69 Å². The summed E-state index contributed by atoms with van der Waals surface area (Å²) in [4.78, 5) is 15.1. The molecule has 0 unspecified atom stereocenters. The standard InChI is InChI=1S/C7H10N4O/c1-9-11(8)7(12)6-4-2-3-5-10-6/h2-5,9H,8H2,1H3. The maximum Gasteiger partial charge on any atom is 0.301 e. The number of carbonyl (C=O) groups excluding carboxylic acids is 1. The van der Waals surface area contributed by atoms with E-state index in [4.69, 9.17) is 5.84 Å². The van der Waals surface area contributed by atoms with Gasteiger partial charge >= 0.3 is 5.91 Å². The predicted octanol–water partition coefficient (Wildman–Crippen LogP) is -0.468. The summed E-state index contributed by atoms with van der Waals surface area (Å²) in [6.07, 6.45) is 1.54. The lowest BCUT2D eigenvalue weighted by Gasteiger charge is -2.12. The Labute approximate surface area is 70.1 Å². The second kappa shape index (κ2) is 3.80. The van der Waals surface area contributed by atoms with Crippen LogP contribution in [0.15, 0.2) is 24.4 Å². The summed E-state index contributed by atoms with van der Waals surface area (Å²) in [7, 11) is 1.56. The van der Waals surface area contributed by atoms with Gasteiger partial charge in [-0.25, -0.2) is 16.4 Å². The first-order chi connectivity index (χ1) is 5.75. The molecular formula is C7H10N4O. The van der Waals surface area contributed by atoms with Crippen LogP contribution >= 0.6 is 0 Å². The van der Waals surface area contributed by atoms with E-state index in [0.717, 1.165) is 5.12 Å². The van der Waals surface area contributed by atoms with E-state index >= 15 is 0 Å². The van der Waals surface area contributed by atoms with Crippen LogP contribution in [0.1, 0.15) is 10.5 Å². The Morgan fingerprint density at radius 1 is 1.67 bits per heavy atom.